The smallest absolute Gasteiger partial charge is 0.0897 e. The zero-order valence-electron chi connectivity index (χ0n) is 12.0. The Morgan fingerprint density at radius 1 is 1.35 bits per heavy atom. The average molecular weight is 287 g/mol. The van der Waals surface area contributed by atoms with E-state index in [2.05, 4.69) is 59.4 Å². The quantitative estimate of drug-likeness (QED) is 0.940. The number of piperazine rings is 1. The molecular weight excluding hydrogens is 266 g/mol. The molecule has 0 saturated carbocycles. The summed E-state index contributed by atoms with van der Waals surface area (Å²) in [4.78, 5) is 8.31. The van der Waals surface area contributed by atoms with Gasteiger partial charge >= 0.3 is 0 Å². The highest BCUT2D eigenvalue weighted by Crippen LogP contribution is 2.26. The summed E-state index contributed by atoms with van der Waals surface area (Å²) in [7, 11) is 0. The second-order valence-electron chi connectivity index (χ2n) is 5.51. The maximum Gasteiger partial charge on any atom is 0.0897 e. The molecule has 0 aliphatic carbocycles. The molecule has 1 N–H and O–H groups in total. The first-order chi connectivity index (χ1) is 9.72. The Labute approximate surface area is 124 Å². The summed E-state index contributed by atoms with van der Waals surface area (Å²) in [5.74, 6) is 0. The summed E-state index contributed by atoms with van der Waals surface area (Å²) in [5.41, 5.74) is 1.40. The standard InChI is InChI=1S/C16H21N3S/c1-12-10-19(11-15-8-18-13(2)20-15)16(9-17-12)14-6-4-3-5-7-14/h3-8,12,16-17H,9-11H2,1-2H3. The van der Waals surface area contributed by atoms with Crippen LogP contribution in [0.5, 0.6) is 0 Å². The molecule has 2 aromatic rings. The van der Waals surface area contributed by atoms with Crippen LogP contribution in [0.2, 0.25) is 0 Å². The second-order valence-corrected chi connectivity index (χ2v) is 6.83. The van der Waals surface area contributed by atoms with Crippen LogP contribution in [-0.4, -0.2) is 29.0 Å². The lowest BCUT2D eigenvalue weighted by Crippen LogP contribution is -2.50. The van der Waals surface area contributed by atoms with E-state index >= 15 is 0 Å². The van der Waals surface area contributed by atoms with Gasteiger partial charge < -0.3 is 5.32 Å². The number of nitrogens with one attached hydrogen (secondary N) is 1. The summed E-state index contributed by atoms with van der Waals surface area (Å²) >= 11 is 1.81. The Morgan fingerprint density at radius 2 is 2.15 bits per heavy atom. The van der Waals surface area contributed by atoms with Crippen molar-refractivity contribution in [1.29, 1.82) is 0 Å². The molecule has 2 atom stereocenters. The summed E-state index contributed by atoms with van der Waals surface area (Å²) in [6, 6.07) is 11.8. The molecule has 4 heteroatoms. The van der Waals surface area contributed by atoms with Crippen LogP contribution in [0.1, 0.15) is 28.4 Å². The van der Waals surface area contributed by atoms with E-state index in [9.17, 15) is 0 Å². The molecule has 3 nitrogen and oxygen atoms in total. The predicted octanol–water partition coefficient (Wildman–Crippen LogP) is 2.99. The van der Waals surface area contributed by atoms with Crippen molar-refractivity contribution in [2.24, 2.45) is 0 Å². The number of aromatic nitrogens is 1. The van der Waals surface area contributed by atoms with Gasteiger partial charge in [0, 0.05) is 42.8 Å². The summed E-state index contributed by atoms with van der Waals surface area (Å²) < 4.78 is 0. The lowest BCUT2D eigenvalue weighted by molar-refractivity contribution is 0.129. The van der Waals surface area contributed by atoms with Gasteiger partial charge in [-0.05, 0) is 19.4 Å². The van der Waals surface area contributed by atoms with Crippen LogP contribution in [0.25, 0.3) is 0 Å². The number of hydrogen-bond donors (Lipinski definition) is 1. The van der Waals surface area contributed by atoms with Crippen LogP contribution < -0.4 is 5.32 Å². The zero-order chi connectivity index (χ0) is 13.9. The fraction of sp³-hybridized carbons (Fsp3) is 0.438. The van der Waals surface area contributed by atoms with Gasteiger partial charge in [0.2, 0.25) is 0 Å². The van der Waals surface area contributed by atoms with Crippen molar-refractivity contribution in [3.8, 4) is 0 Å². The fourth-order valence-corrected chi connectivity index (χ4v) is 3.66. The topological polar surface area (TPSA) is 28.2 Å². The highest BCUT2D eigenvalue weighted by atomic mass is 32.1. The van der Waals surface area contributed by atoms with Gasteiger partial charge in [0.1, 0.15) is 0 Å². The van der Waals surface area contributed by atoms with Crippen LogP contribution in [0.15, 0.2) is 36.5 Å². The Morgan fingerprint density at radius 3 is 2.85 bits per heavy atom. The highest BCUT2D eigenvalue weighted by molar-refractivity contribution is 7.11. The minimum absolute atomic E-state index is 0.454. The van der Waals surface area contributed by atoms with E-state index in [1.165, 1.54) is 10.4 Å². The molecule has 1 fully saturated rings. The molecule has 3 rings (SSSR count). The van der Waals surface area contributed by atoms with Gasteiger partial charge in [-0.15, -0.1) is 11.3 Å². The lowest BCUT2D eigenvalue weighted by atomic mass is 10.0. The predicted molar refractivity (Wildman–Crippen MR) is 83.9 cm³/mol. The van der Waals surface area contributed by atoms with Gasteiger partial charge in [0.25, 0.3) is 0 Å². The van der Waals surface area contributed by atoms with Crippen molar-refractivity contribution >= 4 is 11.3 Å². The average Bonchev–Trinajstić information content (AvgIpc) is 2.85. The first kappa shape index (κ1) is 13.7. The number of rotatable bonds is 3. The number of thiazole rings is 1. The molecule has 1 aromatic heterocycles. The molecule has 0 radical (unpaired) electrons. The first-order valence-corrected chi connectivity index (χ1v) is 7.97. The lowest BCUT2D eigenvalue weighted by Gasteiger charge is -2.39. The molecule has 1 aliphatic rings. The van der Waals surface area contributed by atoms with Gasteiger partial charge in [-0.3, -0.25) is 4.90 Å². The van der Waals surface area contributed by atoms with E-state index in [1.54, 1.807) is 11.3 Å². The van der Waals surface area contributed by atoms with Gasteiger partial charge in [0.15, 0.2) is 0 Å². The SMILES string of the molecule is Cc1ncc(CN2CC(C)NCC2c2ccccc2)s1. The molecule has 1 aliphatic heterocycles. The molecule has 20 heavy (non-hydrogen) atoms. The van der Waals surface area contributed by atoms with Gasteiger partial charge in [-0.2, -0.15) is 0 Å². The van der Waals surface area contributed by atoms with Crippen molar-refractivity contribution in [3.05, 3.63) is 52.0 Å². The molecule has 0 spiro atoms. The van der Waals surface area contributed by atoms with Gasteiger partial charge in [-0.25, -0.2) is 4.98 Å². The maximum absolute atomic E-state index is 4.38. The van der Waals surface area contributed by atoms with Crippen LogP contribution in [0.3, 0.4) is 0 Å². The normalized spacial score (nSPS) is 23.9. The fourth-order valence-electron chi connectivity index (χ4n) is 2.84. The van der Waals surface area contributed by atoms with Gasteiger partial charge in [0.05, 0.1) is 5.01 Å². The third kappa shape index (κ3) is 3.08. The molecule has 106 valence electrons. The summed E-state index contributed by atoms with van der Waals surface area (Å²) in [6.45, 7) is 7.42. The molecule has 1 aromatic carbocycles. The molecular formula is C16H21N3S. The van der Waals surface area contributed by atoms with Crippen LogP contribution in [0, 0.1) is 6.92 Å². The van der Waals surface area contributed by atoms with Crippen molar-refractivity contribution in [2.75, 3.05) is 13.1 Å². The molecule has 0 bridgehead atoms. The van der Waals surface area contributed by atoms with Crippen molar-refractivity contribution < 1.29 is 0 Å². The molecule has 2 heterocycles. The minimum Gasteiger partial charge on any atom is -0.311 e. The maximum atomic E-state index is 4.38. The summed E-state index contributed by atoms with van der Waals surface area (Å²) in [6.07, 6.45) is 2.02. The summed E-state index contributed by atoms with van der Waals surface area (Å²) in [5, 5.41) is 4.75. The van der Waals surface area contributed by atoms with Crippen LogP contribution >= 0.6 is 11.3 Å². The number of hydrogen-bond acceptors (Lipinski definition) is 4. The Bertz CT molecular complexity index is 552. The number of aryl methyl sites for hydroxylation is 1. The van der Waals surface area contributed by atoms with Gasteiger partial charge in [-0.1, -0.05) is 30.3 Å². The van der Waals surface area contributed by atoms with E-state index in [4.69, 9.17) is 0 Å². The molecule has 0 amide bonds. The third-order valence-electron chi connectivity index (χ3n) is 3.82. The van der Waals surface area contributed by atoms with E-state index in [0.29, 0.717) is 12.1 Å². The second kappa shape index (κ2) is 6.04. The van der Waals surface area contributed by atoms with E-state index in [1.807, 2.05) is 6.20 Å². The van der Waals surface area contributed by atoms with Crippen molar-refractivity contribution in [2.45, 2.75) is 32.5 Å². The molecule has 1 saturated heterocycles. The Hall–Kier alpha value is -1.23. The van der Waals surface area contributed by atoms with Crippen molar-refractivity contribution in [1.82, 2.24) is 15.2 Å². The molecule has 2 unspecified atom stereocenters. The highest BCUT2D eigenvalue weighted by Gasteiger charge is 2.27. The van der Waals surface area contributed by atoms with Crippen LogP contribution in [0.4, 0.5) is 0 Å². The van der Waals surface area contributed by atoms with Crippen LogP contribution in [-0.2, 0) is 6.54 Å². The Kier molecular flexibility index (Phi) is 4.15. The van der Waals surface area contributed by atoms with E-state index in [0.717, 1.165) is 24.6 Å². The van der Waals surface area contributed by atoms with Crippen molar-refractivity contribution in [3.63, 3.8) is 0 Å². The number of nitrogens with zero attached hydrogens (tertiary/aromatic N) is 2. The largest absolute Gasteiger partial charge is 0.311 e. The first-order valence-electron chi connectivity index (χ1n) is 7.16. The third-order valence-corrected chi connectivity index (χ3v) is 4.72. The monoisotopic (exact) mass is 287 g/mol. The zero-order valence-corrected chi connectivity index (χ0v) is 12.9. The Balaban J connectivity index is 1.80. The van der Waals surface area contributed by atoms with E-state index in [-0.39, 0.29) is 0 Å². The van der Waals surface area contributed by atoms with E-state index < -0.39 is 0 Å². The number of benzene rings is 1. The minimum atomic E-state index is 0.454.